The molecule has 0 bridgehead atoms. The largest absolute Gasteiger partial charge is 0.489 e. The van der Waals surface area contributed by atoms with Crippen molar-refractivity contribution in [3.05, 3.63) is 106 Å². The van der Waals surface area contributed by atoms with E-state index in [9.17, 15) is 22.8 Å². The van der Waals surface area contributed by atoms with E-state index in [1.54, 1.807) is 44.4 Å². The molecule has 3 N–H and O–H groups in total. The number of Topliss-reactive ketones (excluding diaryl/α,β-unsaturated/α-hetero) is 2. The van der Waals surface area contributed by atoms with E-state index in [-0.39, 0.29) is 69.4 Å². The molecule has 4 aromatic carbocycles. The minimum absolute atomic E-state index is 0.0373. The lowest BCUT2D eigenvalue weighted by atomic mass is 9.86. The standard InChI is InChI=1S/C52H59ClN6O7S/c1-7-34-24-45(61)38(15-16-44(34)60)40-29-65-46-17-13-36-23-33(12-14-37(36)50(40)46)26-54-49(62)28-59-20-18-35(19-21-59)39-25-47(66-30(2)3)43(22-32(39)6)57-52-55-27-41(53)51(58-52)56-42-10-8-9-11-48(42)67(63,64)31(4)5/h8-14,17,22-23,25,27,29-31,34-35,38H,7,15-16,18-21,24,26,28H2,1-6H3,(H,54,62)(H2,55,56,57,58). The molecular formula is C52H59ClN6O7S. The van der Waals surface area contributed by atoms with E-state index in [4.69, 9.17) is 20.8 Å². The van der Waals surface area contributed by atoms with Gasteiger partial charge in [0.1, 0.15) is 27.9 Å². The Morgan fingerprint density at radius 1 is 0.940 bits per heavy atom. The van der Waals surface area contributed by atoms with Crippen LogP contribution in [-0.2, 0) is 30.8 Å². The molecule has 2 fully saturated rings. The maximum Gasteiger partial charge on any atom is 0.234 e. The van der Waals surface area contributed by atoms with Gasteiger partial charge in [-0.05, 0) is 143 Å². The number of likely N-dealkylation sites (tertiary alicyclic amines) is 1. The second-order valence-electron chi connectivity index (χ2n) is 18.4. The maximum absolute atomic E-state index is 13.4. The molecule has 1 saturated heterocycles. The van der Waals surface area contributed by atoms with Gasteiger partial charge in [-0.25, -0.2) is 13.4 Å². The molecule has 13 nitrogen and oxygen atoms in total. The first-order valence-corrected chi connectivity index (χ1v) is 25.2. The summed E-state index contributed by atoms with van der Waals surface area (Å²) < 4.78 is 38.5. The number of hydrogen-bond donors (Lipinski definition) is 3. The Balaban J connectivity index is 0.891. The van der Waals surface area contributed by atoms with Gasteiger partial charge in [0.05, 0.1) is 46.6 Å². The van der Waals surface area contributed by atoms with Crippen molar-refractivity contribution < 1.29 is 32.0 Å². The van der Waals surface area contributed by atoms with Gasteiger partial charge in [-0.15, -0.1) is 0 Å². The topological polar surface area (TPSA) is 173 Å². The normalized spacial score (nSPS) is 17.6. The number of furan rings is 1. The number of para-hydroxylation sites is 1. The van der Waals surface area contributed by atoms with E-state index < -0.39 is 15.1 Å². The smallest absolute Gasteiger partial charge is 0.234 e. The fourth-order valence-corrected chi connectivity index (χ4v) is 10.8. The third-order valence-corrected chi connectivity index (χ3v) is 15.6. The van der Waals surface area contributed by atoms with Crippen LogP contribution in [0.25, 0.3) is 21.7 Å². The van der Waals surface area contributed by atoms with Gasteiger partial charge in [-0.3, -0.25) is 19.3 Å². The fraction of sp³-hybridized carbons (Fsp3) is 0.404. The van der Waals surface area contributed by atoms with Crippen molar-refractivity contribution in [1.82, 2.24) is 20.2 Å². The van der Waals surface area contributed by atoms with Crippen LogP contribution in [0.2, 0.25) is 5.02 Å². The molecule has 2 unspecified atom stereocenters. The SMILES string of the molecule is CCC1CC(=O)C(c2coc3ccc4cc(CNC(=O)CN5CCC(c6cc(OC(C)C)c(Nc7ncc(Cl)c(Nc8ccccc8S(=O)(=O)C(C)C)n7)cc6C)CC5)ccc4c23)CCC1=O. The van der Waals surface area contributed by atoms with Crippen LogP contribution in [0.15, 0.2) is 88.5 Å². The van der Waals surface area contributed by atoms with Crippen LogP contribution in [0, 0.1) is 12.8 Å². The zero-order chi connectivity index (χ0) is 47.6. The Hall–Kier alpha value is -5.83. The summed E-state index contributed by atoms with van der Waals surface area (Å²) in [6, 6.07) is 20.9. The molecule has 0 radical (unpaired) electrons. The molecule has 67 heavy (non-hydrogen) atoms. The quantitative estimate of drug-likeness (QED) is 0.0833. The summed E-state index contributed by atoms with van der Waals surface area (Å²) in [4.78, 5) is 50.7. The number of nitrogens with zero attached hydrogens (tertiary/aromatic N) is 3. The Morgan fingerprint density at radius 3 is 2.46 bits per heavy atom. The van der Waals surface area contributed by atoms with Crippen molar-refractivity contribution in [3.63, 3.8) is 0 Å². The molecule has 1 aliphatic heterocycles. The van der Waals surface area contributed by atoms with E-state index in [1.807, 2.05) is 51.1 Å². The van der Waals surface area contributed by atoms with Crippen LogP contribution in [0.3, 0.4) is 0 Å². The van der Waals surface area contributed by atoms with E-state index in [2.05, 4.69) is 49.9 Å². The molecule has 3 heterocycles. The highest BCUT2D eigenvalue weighted by atomic mass is 35.5. The summed E-state index contributed by atoms with van der Waals surface area (Å²) in [5.74, 6) is 1.09. The summed E-state index contributed by atoms with van der Waals surface area (Å²) in [7, 11) is -3.59. The zero-order valence-corrected chi connectivity index (χ0v) is 40.5. The van der Waals surface area contributed by atoms with Crippen LogP contribution < -0.4 is 20.7 Å². The predicted molar refractivity (Wildman–Crippen MR) is 264 cm³/mol. The van der Waals surface area contributed by atoms with Crippen LogP contribution in [-0.4, -0.2) is 71.7 Å². The lowest BCUT2D eigenvalue weighted by molar-refractivity contribution is -0.126. The first kappa shape index (κ1) is 47.7. The van der Waals surface area contributed by atoms with Gasteiger partial charge in [-0.2, -0.15) is 4.98 Å². The number of aryl methyl sites for hydroxylation is 1. The predicted octanol–water partition coefficient (Wildman–Crippen LogP) is 10.7. The number of carbonyl (C=O) groups excluding carboxylic acids is 3. The van der Waals surface area contributed by atoms with Crippen molar-refractivity contribution in [2.24, 2.45) is 5.92 Å². The van der Waals surface area contributed by atoms with Gasteiger partial charge in [0.25, 0.3) is 0 Å². The van der Waals surface area contributed by atoms with E-state index in [0.717, 1.165) is 58.8 Å². The summed E-state index contributed by atoms with van der Waals surface area (Å²) in [5.41, 5.74) is 5.85. The average molecular weight is 948 g/mol. The molecule has 8 rings (SSSR count). The maximum atomic E-state index is 13.4. The second kappa shape index (κ2) is 20.2. The molecule has 1 aliphatic carbocycles. The molecular weight excluding hydrogens is 888 g/mol. The highest BCUT2D eigenvalue weighted by Crippen LogP contribution is 2.41. The number of piperidine rings is 1. The minimum Gasteiger partial charge on any atom is -0.489 e. The van der Waals surface area contributed by atoms with Gasteiger partial charge >= 0.3 is 0 Å². The third kappa shape index (κ3) is 10.5. The van der Waals surface area contributed by atoms with Gasteiger partial charge < -0.3 is 25.1 Å². The Labute approximate surface area is 397 Å². The number of fused-ring (bicyclic) bond motifs is 3. The van der Waals surface area contributed by atoms with Crippen molar-refractivity contribution in [2.75, 3.05) is 30.3 Å². The first-order valence-electron chi connectivity index (χ1n) is 23.3. The van der Waals surface area contributed by atoms with Crippen molar-refractivity contribution in [2.45, 2.75) is 115 Å². The second-order valence-corrected chi connectivity index (χ2v) is 21.3. The molecule has 1 saturated carbocycles. The summed E-state index contributed by atoms with van der Waals surface area (Å²) in [5, 5.41) is 12.1. The van der Waals surface area contributed by atoms with Crippen LogP contribution in [0.1, 0.15) is 107 Å². The zero-order valence-electron chi connectivity index (χ0n) is 38.9. The number of benzene rings is 4. The molecule has 352 valence electrons. The Morgan fingerprint density at radius 2 is 1.72 bits per heavy atom. The number of ketones is 2. The number of carbonyl (C=O) groups is 3. The highest BCUT2D eigenvalue weighted by Gasteiger charge is 2.33. The minimum atomic E-state index is -3.59. The lowest BCUT2D eigenvalue weighted by Crippen LogP contribution is -2.41. The summed E-state index contributed by atoms with van der Waals surface area (Å²) >= 11 is 6.53. The van der Waals surface area contributed by atoms with Crippen LogP contribution >= 0.6 is 11.6 Å². The number of aromatic nitrogens is 2. The fourth-order valence-electron chi connectivity index (χ4n) is 9.45. The van der Waals surface area contributed by atoms with Gasteiger partial charge in [0.15, 0.2) is 15.7 Å². The van der Waals surface area contributed by atoms with Crippen molar-refractivity contribution >= 4 is 83.8 Å². The van der Waals surface area contributed by atoms with Gasteiger partial charge in [0, 0.05) is 42.2 Å². The van der Waals surface area contributed by atoms with Crippen LogP contribution in [0.5, 0.6) is 5.75 Å². The molecule has 0 spiro atoms. The Kier molecular flexibility index (Phi) is 14.4. The number of ether oxygens (including phenoxy) is 1. The molecule has 15 heteroatoms. The highest BCUT2D eigenvalue weighted by molar-refractivity contribution is 7.92. The number of halogens is 1. The molecule has 1 amide bonds. The van der Waals surface area contributed by atoms with E-state index in [0.29, 0.717) is 55.1 Å². The lowest BCUT2D eigenvalue weighted by Gasteiger charge is -2.33. The van der Waals surface area contributed by atoms with Gasteiger partial charge in [-0.1, -0.05) is 48.9 Å². The molecule has 2 aromatic heterocycles. The van der Waals surface area contributed by atoms with Crippen LogP contribution in [0.4, 0.5) is 23.1 Å². The van der Waals surface area contributed by atoms with E-state index >= 15 is 0 Å². The average Bonchev–Trinajstić information content (AvgIpc) is 3.67. The molecule has 2 aliphatic rings. The monoisotopic (exact) mass is 946 g/mol. The third-order valence-electron chi connectivity index (χ3n) is 13.2. The molecule has 2 atom stereocenters. The number of hydrogen-bond acceptors (Lipinski definition) is 12. The summed E-state index contributed by atoms with van der Waals surface area (Å²) in [6.45, 7) is 13.5. The number of amides is 1. The van der Waals surface area contributed by atoms with Crippen molar-refractivity contribution in [3.8, 4) is 5.75 Å². The first-order chi connectivity index (χ1) is 32.1. The number of nitrogens with one attached hydrogen (secondary N) is 3. The Bertz CT molecular complexity index is 2940. The van der Waals surface area contributed by atoms with E-state index in [1.165, 1.54) is 11.8 Å². The van der Waals surface area contributed by atoms with Gasteiger partial charge in [0.2, 0.25) is 11.9 Å². The number of rotatable bonds is 15. The number of anilines is 4. The molecule has 6 aromatic rings. The summed E-state index contributed by atoms with van der Waals surface area (Å²) in [6.07, 6.45) is 6.65. The van der Waals surface area contributed by atoms with Crippen molar-refractivity contribution in [1.29, 1.82) is 0 Å². The number of sulfone groups is 1.